The average molecular weight is 295 g/mol. The van der Waals surface area contributed by atoms with Gasteiger partial charge in [0.1, 0.15) is 13.1 Å². The van der Waals surface area contributed by atoms with E-state index in [1.165, 1.54) is 0 Å². The molecule has 1 fully saturated rings. The highest BCUT2D eigenvalue weighted by Crippen LogP contribution is 2.09. The normalized spacial score (nSPS) is 14.7. The van der Waals surface area contributed by atoms with Gasteiger partial charge in [-0.3, -0.25) is 14.9 Å². The minimum Gasteiger partial charge on any atom is -0.354 e. The topological polar surface area (TPSA) is 117 Å². The van der Waals surface area contributed by atoms with E-state index in [2.05, 4.69) is 20.8 Å². The maximum Gasteiger partial charge on any atom is 0.325 e. The number of nitrogens with one attached hydrogen (secondary N) is 2. The van der Waals surface area contributed by atoms with Crippen molar-refractivity contribution in [3.63, 3.8) is 0 Å². The van der Waals surface area contributed by atoms with Gasteiger partial charge in [0, 0.05) is 18.9 Å². The molecule has 1 aliphatic heterocycles. The molecule has 0 saturated carbocycles. The Balaban J connectivity index is 1.71. The zero-order valence-electron chi connectivity index (χ0n) is 11.9. The summed E-state index contributed by atoms with van der Waals surface area (Å²) in [6, 6.07) is -0.548. The summed E-state index contributed by atoms with van der Waals surface area (Å²) in [6.45, 7) is 3.99. The minimum absolute atomic E-state index is 0.0896. The molecule has 0 spiro atoms. The highest BCUT2D eigenvalue weighted by atomic mass is 16.5. The highest BCUT2D eigenvalue weighted by Gasteiger charge is 2.28. The van der Waals surface area contributed by atoms with Crippen LogP contribution < -0.4 is 10.6 Å². The van der Waals surface area contributed by atoms with E-state index in [9.17, 15) is 14.4 Å². The van der Waals surface area contributed by atoms with Crippen molar-refractivity contribution >= 4 is 17.8 Å². The number of carbonyl (C=O) groups excluding carboxylic acids is 3. The summed E-state index contributed by atoms with van der Waals surface area (Å²) >= 11 is 0. The summed E-state index contributed by atoms with van der Waals surface area (Å²) in [5.41, 5.74) is 0. The van der Waals surface area contributed by atoms with Crippen LogP contribution in [0.25, 0.3) is 0 Å². The number of hydrogen-bond acceptors (Lipinski definition) is 6. The van der Waals surface area contributed by atoms with E-state index in [1.54, 1.807) is 0 Å². The fourth-order valence-electron chi connectivity index (χ4n) is 1.75. The Morgan fingerprint density at radius 1 is 1.48 bits per heavy atom. The third kappa shape index (κ3) is 4.01. The molecule has 2 N–H and O–H groups in total. The number of hydrogen-bond donors (Lipinski definition) is 2. The van der Waals surface area contributed by atoms with Gasteiger partial charge in [0.2, 0.25) is 17.7 Å². The van der Waals surface area contributed by atoms with Crippen LogP contribution >= 0.6 is 0 Å². The Morgan fingerprint density at radius 2 is 2.24 bits per heavy atom. The molecule has 1 aromatic rings. The first kappa shape index (κ1) is 14.9. The van der Waals surface area contributed by atoms with Crippen molar-refractivity contribution in [2.75, 3.05) is 19.6 Å². The van der Waals surface area contributed by atoms with Gasteiger partial charge in [-0.25, -0.2) is 4.79 Å². The number of rotatable bonds is 6. The molecule has 9 nitrogen and oxygen atoms in total. The van der Waals surface area contributed by atoms with Gasteiger partial charge in [-0.15, -0.1) is 0 Å². The third-order valence-corrected chi connectivity index (χ3v) is 2.86. The molecule has 1 aromatic heterocycles. The van der Waals surface area contributed by atoms with Crippen LogP contribution in [0.2, 0.25) is 0 Å². The fourth-order valence-corrected chi connectivity index (χ4v) is 1.75. The molecule has 9 heteroatoms. The van der Waals surface area contributed by atoms with E-state index in [1.807, 2.05) is 13.8 Å². The Morgan fingerprint density at radius 3 is 2.81 bits per heavy atom. The Bertz CT molecular complexity index is 554. The van der Waals surface area contributed by atoms with E-state index in [-0.39, 0.29) is 24.9 Å². The smallest absolute Gasteiger partial charge is 0.325 e. The summed E-state index contributed by atoms with van der Waals surface area (Å²) in [4.78, 5) is 39.2. The molecule has 1 aliphatic rings. The predicted octanol–water partition coefficient (Wildman–Crippen LogP) is -0.596. The molecule has 0 aliphatic carbocycles. The van der Waals surface area contributed by atoms with Crippen LogP contribution in [0.3, 0.4) is 0 Å². The molecule has 0 atom stereocenters. The molecule has 0 radical (unpaired) electrons. The van der Waals surface area contributed by atoms with E-state index >= 15 is 0 Å². The summed E-state index contributed by atoms with van der Waals surface area (Å²) < 4.78 is 5.04. The monoisotopic (exact) mass is 295 g/mol. The molecular formula is C12H17N5O4. The zero-order valence-corrected chi connectivity index (χ0v) is 11.9. The Hall–Kier alpha value is -2.45. The first-order valence-electron chi connectivity index (χ1n) is 6.63. The molecule has 114 valence electrons. The predicted molar refractivity (Wildman–Crippen MR) is 70.2 cm³/mol. The van der Waals surface area contributed by atoms with Gasteiger partial charge in [0.15, 0.2) is 5.82 Å². The second kappa shape index (κ2) is 6.33. The van der Waals surface area contributed by atoms with Gasteiger partial charge in [-0.1, -0.05) is 19.0 Å². The lowest BCUT2D eigenvalue weighted by Gasteiger charge is -2.12. The number of imide groups is 1. The van der Waals surface area contributed by atoms with Crippen LogP contribution in [0.4, 0.5) is 4.79 Å². The highest BCUT2D eigenvalue weighted by molar-refractivity contribution is 6.03. The lowest BCUT2D eigenvalue weighted by atomic mass is 10.2. The molecule has 0 bridgehead atoms. The molecule has 1 saturated heterocycles. The summed E-state index contributed by atoms with van der Waals surface area (Å²) in [5, 5.41) is 8.55. The number of aromatic nitrogens is 2. The maximum atomic E-state index is 11.6. The molecule has 4 amide bonds. The quantitative estimate of drug-likeness (QED) is 0.677. The van der Waals surface area contributed by atoms with Gasteiger partial charge in [-0.05, 0) is 0 Å². The van der Waals surface area contributed by atoms with E-state index in [0.717, 1.165) is 4.90 Å². The number of urea groups is 1. The SMILES string of the molecule is CC(C)c1noc(CCNC(=O)CN2CC(=O)NC2=O)n1. The van der Waals surface area contributed by atoms with Gasteiger partial charge in [0.25, 0.3) is 0 Å². The first-order valence-corrected chi connectivity index (χ1v) is 6.63. The Kier molecular flexibility index (Phi) is 4.51. The van der Waals surface area contributed by atoms with E-state index in [0.29, 0.717) is 24.7 Å². The number of amides is 4. The summed E-state index contributed by atoms with van der Waals surface area (Å²) in [7, 11) is 0. The summed E-state index contributed by atoms with van der Waals surface area (Å²) in [5.74, 6) is 0.517. The molecule has 2 rings (SSSR count). The Labute approximate surface area is 121 Å². The van der Waals surface area contributed by atoms with Crippen LogP contribution in [0.1, 0.15) is 31.5 Å². The molecular weight excluding hydrogens is 278 g/mol. The minimum atomic E-state index is -0.548. The van der Waals surface area contributed by atoms with Crippen molar-refractivity contribution in [2.24, 2.45) is 0 Å². The van der Waals surface area contributed by atoms with Crippen molar-refractivity contribution in [2.45, 2.75) is 26.2 Å². The fraction of sp³-hybridized carbons (Fsp3) is 0.583. The van der Waals surface area contributed by atoms with Crippen molar-refractivity contribution in [1.82, 2.24) is 25.7 Å². The van der Waals surface area contributed by atoms with Crippen molar-refractivity contribution in [1.29, 1.82) is 0 Å². The van der Waals surface area contributed by atoms with E-state index in [4.69, 9.17) is 4.52 Å². The average Bonchev–Trinajstić information content (AvgIpc) is 2.97. The van der Waals surface area contributed by atoms with Crippen molar-refractivity contribution in [3.05, 3.63) is 11.7 Å². The molecule has 0 aromatic carbocycles. The van der Waals surface area contributed by atoms with Gasteiger partial charge in [-0.2, -0.15) is 4.98 Å². The van der Waals surface area contributed by atoms with Crippen LogP contribution in [0.5, 0.6) is 0 Å². The van der Waals surface area contributed by atoms with Crippen LogP contribution in [0, 0.1) is 0 Å². The zero-order chi connectivity index (χ0) is 15.4. The number of nitrogens with zero attached hydrogens (tertiary/aromatic N) is 3. The molecule has 2 heterocycles. The van der Waals surface area contributed by atoms with Crippen molar-refractivity contribution < 1.29 is 18.9 Å². The van der Waals surface area contributed by atoms with Crippen LogP contribution in [-0.4, -0.2) is 52.5 Å². The van der Waals surface area contributed by atoms with Gasteiger partial charge < -0.3 is 14.7 Å². The summed E-state index contributed by atoms with van der Waals surface area (Å²) in [6.07, 6.45) is 0.413. The second-order valence-corrected chi connectivity index (χ2v) is 5.01. The van der Waals surface area contributed by atoms with Crippen molar-refractivity contribution in [3.8, 4) is 0 Å². The molecule has 0 unspecified atom stereocenters. The third-order valence-electron chi connectivity index (χ3n) is 2.86. The van der Waals surface area contributed by atoms with E-state index < -0.39 is 11.9 Å². The maximum absolute atomic E-state index is 11.6. The van der Waals surface area contributed by atoms with Gasteiger partial charge in [0.05, 0.1) is 0 Å². The van der Waals surface area contributed by atoms with Crippen LogP contribution in [-0.2, 0) is 16.0 Å². The number of carbonyl (C=O) groups is 3. The lowest BCUT2D eigenvalue weighted by molar-refractivity contribution is -0.121. The first-order chi connectivity index (χ1) is 9.95. The standard InChI is InChI=1S/C12H17N5O4/c1-7(2)11-15-10(21-16-11)3-4-13-8(18)5-17-6-9(19)14-12(17)20/h7H,3-6H2,1-2H3,(H,13,18)(H,14,19,20). The van der Waals surface area contributed by atoms with Crippen LogP contribution in [0.15, 0.2) is 4.52 Å². The second-order valence-electron chi connectivity index (χ2n) is 5.01. The van der Waals surface area contributed by atoms with Gasteiger partial charge >= 0.3 is 6.03 Å². The lowest BCUT2D eigenvalue weighted by Crippen LogP contribution is -2.39. The largest absolute Gasteiger partial charge is 0.354 e. The molecule has 21 heavy (non-hydrogen) atoms.